The summed E-state index contributed by atoms with van der Waals surface area (Å²) in [6, 6.07) is 13.8. The van der Waals surface area contributed by atoms with Crippen molar-refractivity contribution < 1.29 is 31.6 Å². The molecule has 1 saturated carbocycles. The number of rotatable bonds is 10. The summed E-state index contributed by atoms with van der Waals surface area (Å²) in [5.74, 6) is 0.0426. The molecule has 1 amide bonds. The number of nitrogens with one attached hydrogen (secondary N) is 1. The topological polar surface area (TPSA) is 72.2 Å². The van der Waals surface area contributed by atoms with Gasteiger partial charge < -0.3 is 9.73 Å². The first-order valence-electron chi connectivity index (χ1n) is 13.7. The van der Waals surface area contributed by atoms with E-state index in [0.29, 0.717) is 45.9 Å². The van der Waals surface area contributed by atoms with E-state index < -0.39 is 30.7 Å². The van der Waals surface area contributed by atoms with E-state index in [2.05, 4.69) is 17.2 Å². The quantitative estimate of drug-likeness (QED) is 0.155. The molecule has 2 aromatic carbocycles. The fraction of sp³-hybridized carbons (Fsp3) is 0.344. The lowest BCUT2D eigenvalue weighted by atomic mass is 9.90. The van der Waals surface area contributed by atoms with Gasteiger partial charge in [-0.05, 0) is 73.1 Å². The normalized spacial score (nSPS) is 14.3. The zero-order valence-electron chi connectivity index (χ0n) is 22.8. The Morgan fingerprint density at radius 2 is 1.80 bits per heavy atom. The largest absolute Gasteiger partial charge is 0.437 e. The minimum atomic E-state index is -4.42. The minimum absolute atomic E-state index is 0.00805. The highest BCUT2D eigenvalue weighted by atomic mass is 19.4. The number of benzene rings is 2. The third kappa shape index (κ3) is 6.34. The maximum atomic E-state index is 13.6. The molecule has 2 aromatic heterocycles. The summed E-state index contributed by atoms with van der Waals surface area (Å²) in [6.07, 6.45) is -2.33. The maximum absolute atomic E-state index is 13.6. The van der Waals surface area contributed by atoms with Crippen LogP contribution in [-0.2, 0) is 6.42 Å². The van der Waals surface area contributed by atoms with E-state index in [1.54, 1.807) is 30.3 Å². The number of carbonyl (C=O) groups is 2. The summed E-state index contributed by atoms with van der Waals surface area (Å²) in [6.45, 7) is 2.08. The van der Waals surface area contributed by atoms with E-state index in [1.165, 1.54) is 31.3 Å². The molecule has 0 bridgehead atoms. The number of aromatic nitrogens is 1. The number of carbonyl (C=O) groups excluding carboxylic acids is 2. The monoisotopic (exact) mass is 566 g/mol. The SMILES string of the molecule is CC[C@@H](CC(=O)c1cccc(-c2cc3c(C(=O)NC)c(-c4ccc(F)cc4)oc3nc2CCC(F)(F)F)c1)C1CC1. The van der Waals surface area contributed by atoms with Crippen LogP contribution in [0.3, 0.4) is 0 Å². The molecule has 0 aliphatic heterocycles. The van der Waals surface area contributed by atoms with Gasteiger partial charge in [0.25, 0.3) is 5.91 Å². The van der Waals surface area contributed by atoms with Crippen molar-refractivity contribution in [1.29, 1.82) is 0 Å². The molecule has 0 unspecified atom stereocenters. The maximum Gasteiger partial charge on any atom is 0.389 e. The van der Waals surface area contributed by atoms with Crippen molar-refractivity contribution in [3.8, 4) is 22.5 Å². The summed E-state index contributed by atoms with van der Waals surface area (Å²) in [5, 5.41) is 2.86. The van der Waals surface area contributed by atoms with Gasteiger partial charge in [0.15, 0.2) is 5.78 Å². The Hall–Kier alpha value is -4.01. The standard InChI is InChI=1S/C32H30F4N2O3/c1-3-18(19-7-8-19)16-27(39)22-6-4-5-21(15-22)24-17-25-28(30(40)37-2)29(20-9-11-23(33)12-10-20)41-31(25)38-26(24)13-14-32(34,35)36/h4-6,9-12,15,17-19H,3,7-8,13-14,16H2,1-2H3,(H,37,40)/t18-/m0/s1. The Bertz CT molecular complexity index is 1590. The number of nitrogens with zero attached hydrogens (tertiary/aromatic N) is 1. The first-order chi connectivity index (χ1) is 19.6. The highest BCUT2D eigenvalue weighted by Gasteiger charge is 2.32. The number of fused-ring (bicyclic) bond motifs is 1. The molecule has 214 valence electrons. The van der Waals surface area contributed by atoms with Gasteiger partial charge in [-0.3, -0.25) is 9.59 Å². The lowest BCUT2D eigenvalue weighted by Crippen LogP contribution is -2.18. The molecule has 1 atom stereocenters. The molecule has 4 aromatic rings. The summed E-state index contributed by atoms with van der Waals surface area (Å²) < 4.78 is 59.4. The van der Waals surface area contributed by atoms with E-state index in [1.807, 2.05) is 0 Å². The Labute approximate surface area is 235 Å². The third-order valence-electron chi connectivity index (χ3n) is 7.72. The van der Waals surface area contributed by atoms with E-state index in [9.17, 15) is 27.2 Å². The van der Waals surface area contributed by atoms with Crippen LogP contribution >= 0.6 is 0 Å². The van der Waals surface area contributed by atoms with Gasteiger partial charge in [0.2, 0.25) is 5.71 Å². The molecule has 5 rings (SSSR count). The van der Waals surface area contributed by atoms with Gasteiger partial charge in [0, 0.05) is 36.6 Å². The number of pyridine rings is 1. The molecule has 1 fully saturated rings. The van der Waals surface area contributed by atoms with Gasteiger partial charge in [-0.1, -0.05) is 31.5 Å². The Balaban J connectivity index is 1.64. The third-order valence-corrected chi connectivity index (χ3v) is 7.72. The predicted molar refractivity (Wildman–Crippen MR) is 148 cm³/mol. The van der Waals surface area contributed by atoms with Crippen LogP contribution in [0.2, 0.25) is 0 Å². The molecular weight excluding hydrogens is 536 g/mol. The second-order valence-electron chi connectivity index (χ2n) is 10.6. The molecule has 9 heteroatoms. The van der Waals surface area contributed by atoms with Crippen LogP contribution in [0.15, 0.2) is 59.0 Å². The van der Waals surface area contributed by atoms with Crippen molar-refractivity contribution >= 4 is 22.8 Å². The molecule has 41 heavy (non-hydrogen) atoms. The number of ketones is 1. The number of aryl methyl sites for hydroxylation is 1. The second kappa shape index (κ2) is 11.5. The van der Waals surface area contributed by atoms with Crippen molar-refractivity contribution in [2.45, 2.75) is 51.6 Å². The lowest BCUT2D eigenvalue weighted by molar-refractivity contribution is -0.134. The number of halogens is 4. The Morgan fingerprint density at radius 3 is 2.44 bits per heavy atom. The first-order valence-corrected chi connectivity index (χ1v) is 13.7. The number of amides is 1. The van der Waals surface area contributed by atoms with Crippen LogP contribution in [0, 0.1) is 17.7 Å². The molecule has 1 aliphatic rings. The molecule has 0 spiro atoms. The van der Waals surface area contributed by atoms with Crippen LogP contribution in [0.25, 0.3) is 33.6 Å². The summed E-state index contributed by atoms with van der Waals surface area (Å²) >= 11 is 0. The summed E-state index contributed by atoms with van der Waals surface area (Å²) in [4.78, 5) is 30.7. The van der Waals surface area contributed by atoms with Gasteiger partial charge in [0.1, 0.15) is 11.6 Å². The Morgan fingerprint density at radius 1 is 1.07 bits per heavy atom. The number of hydrogen-bond acceptors (Lipinski definition) is 4. The van der Waals surface area contributed by atoms with Crippen molar-refractivity contribution in [3.63, 3.8) is 0 Å². The molecule has 2 heterocycles. The zero-order chi connectivity index (χ0) is 29.3. The van der Waals surface area contributed by atoms with Crippen molar-refractivity contribution in [2.75, 3.05) is 7.05 Å². The average molecular weight is 567 g/mol. The van der Waals surface area contributed by atoms with Gasteiger partial charge in [-0.25, -0.2) is 9.37 Å². The number of hydrogen-bond donors (Lipinski definition) is 1. The van der Waals surface area contributed by atoms with E-state index in [0.717, 1.165) is 19.3 Å². The van der Waals surface area contributed by atoms with Gasteiger partial charge in [0.05, 0.1) is 16.6 Å². The molecule has 1 N–H and O–H groups in total. The van der Waals surface area contributed by atoms with Gasteiger partial charge >= 0.3 is 6.18 Å². The van der Waals surface area contributed by atoms with Crippen LogP contribution < -0.4 is 5.32 Å². The number of furan rings is 1. The highest BCUT2D eigenvalue weighted by Crippen LogP contribution is 2.41. The van der Waals surface area contributed by atoms with Crippen LogP contribution in [0.5, 0.6) is 0 Å². The van der Waals surface area contributed by atoms with E-state index in [-0.39, 0.29) is 28.5 Å². The second-order valence-corrected chi connectivity index (χ2v) is 10.6. The number of Topliss-reactive ketones (excluding diaryl/α,β-unsaturated/α-hetero) is 1. The fourth-order valence-corrected chi connectivity index (χ4v) is 5.34. The summed E-state index contributed by atoms with van der Waals surface area (Å²) in [7, 11) is 1.45. The number of alkyl halides is 3. The van der Waals surface area contributed by atoms with Gasteiger partial charge in [-0.15, -0.1) is 0 Å². The lowest BCUT2D eigenvalue weighted by Gasteiger charge is -2.14. The fourth-order valence-electron chi connectivity index (χ4n) is 5.34. The molecular formula is C32H30F4N2O3. The van der Waals surface area contributed by atoms with Crippen molar-refractivity contribution in [3.05, 3.63) is 77.2 Å². The summed E-state index contributed by atoms with van der Waals surface area (Å²) in [5.41, 5.74) is 2.05. The zero-order valence-corrected chi connectivity index (χ0v) is 22.8. The molecule has 0 saturated heterocycles. The van der Waals surface area contributed by atoms with E-state index in [4.69, 9.17) is 4.42 Å². The first kappa shape index (κ1) is 28.5. The molecule has 0 radical (unpaired) electrons. The van der Waals surface area contributed by atoms with Crippen molar-refractivity contribution in [1.82, 2.24) is 10.3 Å². The van der Waals surface area contributed by atoms with E-state index >= 15 is 0 Å². The minimum Gasteiger partial charge on any atom is -0.437 e. The Kier molecular flexibility index (Phi) is 7.98. The molecule has 5 nitrogen and oxygen atoms in total. The van der Waals surface area contributed by atoms with Gasteiger partial charge in [-0.2, -0.15) is 13.2 Å². The highest BCUT2D eigenvalue weighted by molar-refractivity contribution is 6.11. The molecule has 1 aliphatic carbocycles. The van der Waals surface area contributed by atoms with Crippen LogP contribution in [0.4, 0.5) is 17.6 Å². The predicted octanol–water partition coefficient (Wildman–Crippen LogP) is 8.16. The average Bonchev–Trinajstić information content (AvgIpc) is 3.74. The van der Waals surface area contributed by atoms with Crippen molar-refractivity contribution in [2.24, 2.45) is 11.8 Å². The van der Waals surface area contributed by atoms with Crippen LogP contribution in [0.1, 0.15) is 65.4 Å². The van der Waals surface area contributed by atoms with Crippen LogP contribution in [-0.4, -0.2) is 29.9 Å². The smallest absolute Gasteiger partial charge is 0.389 e.